The zero-order chi connectivity index (χ0) is 36.8. The normalized spacial score (nSPS) is 15.0. The molecular formula is C42H36Cl4N8. The lowest BCUT2D eigenvalue weighted by atomic mass is 9.85. The van der Waals surface area contributed by atoms with Crippen LogP contribution in [0.5, 0.6) is 0 Å². The van der Waals surface area contributed by atoms with Crippen molar-refractivity contribution in [1.82, 2.24) is 29.9 Å². The third-order valence-electron chi connectivity index (χ3n) is 10.5. The summed E-state index contributed by atoms with van der Waals surface area (Å²) in [5, 5.41) is 11.0. The van der Waals surface area contributed by atoms with E-state index in [9.17, 15) is 0 Å². The Morgan fingerprint density at radius 1 is 0.481 bits per heavy atom. The number of halogens is 4. The summed E-state index contributed by atoms with van der Waals surface area (Å²) in [6.45, 7) is 0. The van der Waals surface area contributed by atoms with Crippen LogP contribution in [0.25, 0.3) is 43.9 Å². The first-order chi connectivity index (χ1) is 26.4. The fraction of sp³-hybridized carbons (Fsp3) is 0.238. The molecule has 10 rings (SSSR count). The fourth-order valence-electron chi connectivity index (χ4n) is 7.46. The van der Waals surface area contributed by atoms with E-state index in [1.54, 1.807) is 18.2 Å². The Kier molecular flexibility index (Phi) is 9.70. The van der Waals surface area contributed by atoms with Crippen LogP contribution in [0.1, 0.15) is 74.9 Å². The molecule has 0 bridgehead atoms. The van der Waals surface area contributed by atoms with Crippen LogP contribution in [0.2, 0.25) is 20.1 Å². The second kappa shape index (κ2) is 14.9. The van der Waals surface area contributed by atoms with E-state index in [4.69, 9.17) is 66.3 Å². The summed E-state index contributed by atoms with van der Waals surface area (Å²) in [6.07, 6.45) is 9.92. The molecule has 0 spiro atoms. The zero-order valence-corrected chi connectivity index (χ0v) is 32.2. The number of nitrogens with one attached hydrogen (secondary N) is 4. The predicted molar refractivity (Wildman–Crippen MR) is 225 cm³/mol. The highest BCUT2D eigenvalue weighted by Crippen LogP contribution is 2.39. The molecule has 2 fully saturated rings. The van der Waals surface area contributed by atoms with Crippen molar-refractivity contribution < 1.29 is 0 Å². The number of anilines is 4. The Labute approximate surface area is 332 Å². The van der Waals surface area contributed by atoms with Crippen molar-refractivity contribution in [3.63, 3.8) is 0 Å². The van der Waals surface area contributed by atoms with Gasteiger partial charge in [-0.15, -0.1) is 0 Å². The topological polar surface area (TPSA) is 107 Å². The Hall–Kier alpha value is -4.60. The highest BCUT2D eigenvalue weighted by molar-refractivity contribution is 6.42. The monoisotopic (exact) mass is 792 g/mol. The van der Waals surface area contributed by atoms with Gasteiger partial charge in [-0.3, -0.25) is 0 Å². The number of pyridine rings is 2. The van der Waals surface area contributed by atoms with E-state index in [0.29, 0.717) is 31.9 Å². The molecule has 0 atom stereocenters. The van der Waals surface area contributed by atoms with Gasteiger partial charge in [0.1, 0.15) is 33.7 Å². The number of benzene rings is 4. The SMILES string of the molecule is Clc1ccc(Nc2nc3ccccc3c3nc(C4CCC4)[nH]c23)cc1Cl.Clc1ccc(Nc2nc3ccccc3c3nc(C4CCCCC4)[nH]c23)cc1Cl. The van der Waals surface area contributed by atoms with E-state index < -0.39 is 0 Å². The van der Waals surface area contributed by atoms with Gasteiger partial charge < -0.3 is 20.6 Å². The maximum absolute atomic E-state index is 6.19. The molecule has 8 aromatic rings. The first-order valence-electron chi connectivity index (χ1n) is 18.4. The number of rotatable bonds is 6. The molecule has 0 aliphatic heterocycles. The Balaban J connectivity index is 0.000000143. The van der Waals surface area contributed by atoms with Gasteiger partial charge in [0.05, 0.1) is 31.1 Å². The molecule has 8 nitrogen and oxygen atoms in total. The summed E-state index contributed by atoms with van der Waals surface area (Å²) in [7, 11) is 0. The van der Waals surface area contributed by atoms with Crippen molar-refractivity contribution in [2.45, 2.75) is 63.2 Å². The lowest BCUT2D eigenvalue weighted by Crippen LogP contribution is -2.10. The van der Waals surface area contributed by atoms with Crippen molar-refractivity contribution in [2.75, 3.05) is 10.6 Å². The largest absolute Gasteiger partial charge is 0.339 e. The van der Waals surface area contributed by atoms with E-state index in [1.165, 1.54) is 51.4 Å². The number of aromatic nitrogens is 6. The number of fused-ring (bicyclic) bond motifs is 6. The van der Waals surface area contributed by atoms with Crippen molar-refractivity contribution in [3.8, 4) is 0 Å². The van der Waals surface area contributed by atoms with Crippen LogP contribution in [-0.4, -0.2) is 29.9 Å². The van der Waals surface area contributed by atoms with Gasteiger partial charge in [0.15, 0.2) is 11.6 Å². The van der Waals surface area contributed by atoms with Crippen LogP contribution >= 0.6 is 46.4 Å². The van der Waals surface area contributed by atoms with Crippen LogP contribution in [0.3, 0.4) is 0 Å². The molecule has 272 valence electrons. The van der Waals surface area contributed by atoms with Gasteiger partial charge in [-0.2, -0.15) is 0 Å². The number of hydrogen-bond acceptors (Lipinski definition) is 6. The standard InChI is InChI=1S/C22H20Cl2N4.C20H16Cl2N4/c23-16-11-10-14(12-17(16)24)25-22-20-19(15-8-4-5-9-18(15)26-22)27-21(28-20)13-6-2-1-3-7-13;21-14-9-8-12(10-15(14)22)23-20-18-17(13-6-1-2-7-16(13)24-20)25-19(26-18)11-4-3-5-11/h4-5,8-13H,1-3,6-7H2,(H,25,26)(H,27,28);1-2,6-11H,3-5H2,(H,23,24)(H,25,26). The molecule has 12 heteroatoms. The Morgan fingerprint density at radius 3 is 1.35 bits per heavy atom. The first-order valence-corrected chi connectivity index (χ1v) is 19.9. The fourth-order valence-corrected chi connectivity index (χ4v) is 8.05. The van der Waals surface area contributed by atoms with Crippen molar-refractivity contribution >= 4 is 113 Å². The molecular weight excluding hydrogens is 758 g/mol. The van der Waals surface area contributed by atoms with Gasteiger partial charge in [0.25, 0.3) is 0 Å². The van der Waals surface area contributed by atoms with Gasteiger partial charge in [0, 0.05) is 34.0 Å². The summed E-state index contributed by atoms with van der Waals surface area (Å²) in [5.41, 5.74) is 7.29. The van der Waals surface area contributed by atoms with Crippen molar-refractivity contribution in [3.05, 3.63) is 117 Å². The van der Waals surface area contributed by atoms with Gasteiger partial charge in [0.2, 0.25) is 0 Å². The zero-order valence-electron chi connectivity index (χ0n) is 29.2. The van der Waals surface area contributed by atoms with E-state index in [-0.39, 0.29) is 0 Å². The lowest BCUT2D eigenvalue weighted by molar-refractivity contribution is 0.405. The Morgan fingerprint density at radius 2 is 0.926 bits per heavy atom. The summed E-state index contributed by atoms with van der Waals surface area (Å²) < 4.78 is 0. The number of hydrogen-bond donors (Lipinski definition) is 4. The molecule has 4 aromatic heterocycles. The molecule has 2 aliphatic carbocycles. The van der Waals surface area contributed by atoms with Crippen molar-refractivity contribution in [2.24, 2.45) is 0 Å². The molecule has 4 N–H and O–H groups in total. The highest BCUT2D eigenvalue weighted by Gasteiger charge is 2.25. The first kappa shape index (κ1) is 35.1. The van der Waals surface area contributed by atoms with Gasteiger partial charge in [-0.05, 0) is 74.2 Å². The van der Waals surface area contributed by atoms with Gasteiger partial charge in [-0.25, -0.2) is 19.9 Å². The summed E-state index contributed by atoms with van der Waals surface area (Å²) in [4.78, 5) is 26.7. The third-order valence-corrected chi connectivity index (χ3v) is 12.0. The van der Waals surface area contributed by atoms with Crippen LogP contribution < -0.4 is 10.6 Å². The van der Waals surface area contributed by atoms with Crippen molar-refractivity contribution in [1.29, 1.82) is 0 Å². The number of imidazole rings is 2. The number of para-hydroxylation sites is 2. The molecule has 0 amide bonds. The van der Waals surface area contributed by atoms with Gasteiger partial charge >= 0.3 is 0 Å². The molecule has 4 heterocycles. The number of aromatic amines is 2. The minimum Gasteiger partial charge on any atom is -0.339 e. The highest BCUT2D eigenvalue weighted by atomic mass is 35.5. The Bertz CT molecular complexity index is 2660. The summed E-state index contributed by atoms with van der Waals surface area (Å²) in [6, 6.07) is 27.2. The van der Waals surface area contributed by atoms with E-state index in [2.05, 4.69) is 32.7 Å². The minimum atomic E-state index is 0.498. The van der Waals surface area contributed by atoms with E-state index in [1.807, 2.05) is 54.6 Å². The van der Waals surface area contributed by atoms with E-state index in [0.717, 1.165) is 78.5 Å². The molecule has 4 aromatic carbocycles. The van der Waals surface area contributed by atoms with Crippen LogP contribution in [0, 0.1) is 0 Å². The molecule has 2 aliphatic rings. The molecule has 54 heavy (non-hydrogen) atoms. The third kappa shape index (κ3) is 6.92. The quantitative estimate of drug-likeness (QED) is 0.134. The molecule has 2 saturated carbocycles. The maximum Gasteiger partial charge on any atom is 0.157 e. The van der Waals surface area contributed by atoms with Crippen LogP contribution in [-0.2, 0) is 0 Å². The van der Waals surface area contributed by atoms with Crippen LogP contribution in [0.15, 0.2) is 84.9 Å². The number of H-pyrrole nitrogens is 2. The van der Waals surface area contributed by atoms with Gasteiger partial charge in [-0.1, -0.05) is 108 Å². The van der Waals surface area contributed by atoms with E-state index >= 15 is 0 Å². The molecule has 0 radical (unpaired) electrons. The van der Waals surface area contributed by atoms with Crippen LogP contribution in [0.4, 0.5) is 23.0 Å². The predicted octanol–water partition coefficient (Wildman–Crippen LogP) is 13.6. The average Bonchev–Trinajstić information content (AvgIpc) is 3.82. The second-order valence-corrected chi connectivity index (χ2v) is 15.7. The molecule has 0 saturated heterocycles. The molecule has 0 unspecified atom stereocenters. The smallest absolute Gasteiger partial charge is 0.157 e. The average molecular weight is 795 g/mol. The maximum atomic E-state index is 6.19. The minimum absolute atomic E-state index is 0.498. The number of nitrogens with zero attached hydrogens (tertiary/aromatic N) is 4. The summed E-state index contributed by atoms with van der Waals surface area (Å²) >= 11 is 24.4. The summed E-state index contributed by atoms with van der Waals surface area (Å²) in [5.74, 6) is 4.65. The lowest BCUT2D eigenvalue weighted by Gasteiger charge is -2.22. The second-order valence-electron chi connectivity index (χ2n) is 14.1.